The van der Waals surface area contributed by atoms with Crippen molar-refractivity contribution in [3.8, 4) is 0 Å². The molecule has 0 radical (unpaired) electrons. The van der Waals surface area contributed by atoms with Crippen molar-refractivity contribution < 1.29 is 14.4 Å². The summed E-state index contributed by atoms with van der Waals surface area (Å²) in [5, 5.41) is 0.419. The van der Waals surface area contributed by atoms with Gasteiger partial charge in [0.25, 0.3) is 11.8 Å². The molecule has 2 aromatic rings. The van der Waals surface area contributed by atoms with Gasteiger partial charge in [0, 0.05) is 23.6 Å². The van der Waals surface area contributed by atoms with E-state index >= 15 is 0 Å². The van der Waals surface area contributed by atoms with E-state index in [0.29, 0.717) is 19.8 Å². The third kappa shape index (κ3) is 5.69. The number of carbonyl (C=O) groups is 3. The summed E-state index contributed by atoms with van der Waals surface area (Å²) in [4.78, 5) is 38.6. The fourth-order valence-corrected chi connectivity index (χ4v) is 4.11. The van der Waals surface area contributed by atoms with Gasteiger partial charge < -0.3 is 0 Å². The molecule has 0 aromatic heterocycles. The van der Waals surface area contributed by atoms with Crippen molar-refractivity contribution in [3.05, 3.63) is 75.1 Å². The Hall–Kier alpha value is -2.68. The van der Waals surface area contributed by atoms with Crippen molar-refractivity contribution >= 4 is 63.7 Å². The molecule has 0 aliphatic carbocycles. The molecule has 0 spiro atoms. The SMILES string of the molecule is Cc1ccc(C=C2SC(=S)N(CCC(=O)NNC(=O)c3cccc(Cl)c3)C2=O)cc1. The molecule has 2 aromatic carbocycles. The van der Waals surface area contributed by atoms with Gasteiger partial charge in [-0.2, -0.15) is 0 Å². The number of carbonyl (C=O) groups excluding carboxylic acids is 3. The summed E-state index contributed by atoms with van der Waals surface area (Å²) >= 11 is 12.3. The van der Waals surface area contributed by atoms with Gasteiger partial charge in [-0.15, -0.1) is 0 Å². The highest BCUT2D eigenvalue weighted by molar-refractivity contribution is 8.26. The third-order valence-corrected chi connectivity index (χ3v) is 5.83. The third-order valence-electron chi connectivity index (χ3n) is 4.21. The van der Waals surface area contributed by atoms with Crippen molar-refractivity contribution in [2.45, 2.75) is 13.3 Å². The molecule has 1 heterocycles. The number of nitrogens with zero attached hydrogens (tertiary/aromatic N) is 1. The molecule has 3 rings (SSSR count). The van der Waals surface area contributed by atoms with Crippen LogP contribution in [-0.2, 0) is 9.59 Å². The minimum Gasteiger partial charge on any atom is -0.292 e. The molecule has 1 saturated heterocycles. The lowest BCUT2D eigenvalue weighted by atomic mass is 10.1. The highest BCUT2D eigenvalue weighted by atomic mass is 35.5. The Morgan fingerprint density at radius 3 is 2.60 bits per heavy atom. The van der Waals surface area contributed by atoms with Crippen molar-refractivity contribution in [1.29, 1.82) is 0 Å². The van der Waals surface area contributed by atoms with Crippen LogP contribution < -0.4 is 10.9 Å². The molecular formula is C21H18ClN3O3S2. The average molecular weight is 460 g/mol. The predicted molar refractivity (Wildman–Crippen MR) is 123 cm³/mol. The number of aryl methyl sites for hydroxylation is 1. The number of benzene rings is 2. The Morgan fingerprint density at radius 1 is 1.17 bits per heavy atom. The maximum Gasteiger partial charge on any atom is 0.269 e. The lowest BCUT2D eigenvalue weighted by Gasteiger charge is -2.14. The molecule has 2 N–H and O–H groups in total. The van der Waals surface area contributed by atoms with Gasteiger partial charge in [0.15, 0.2) is 0 Å². The first kappa shape index (κ1) is 22.0. The molecule has 1 aliphatic rings. The van der Waals surface area contributed by atoms with E-state index in [2.05, 4.69) is 10.9 Å². The van der Waals surface area contributed by atoms with Crippen LogP contribution in [0, 0.1) is 6.92 Å². The van der Waals surface area contributed by atoms with E-state index in [4.69, 9.17) is 23.8 Å². The monoisotopic (exact) mass is 459 g/mol. The van der Waals surface area contributed by atoms with Gasteiger partial charge in [-0.25, -0.2) is 0 Å². The standard InChI is InChI=1S/C21H18ClN3O3S2/c1-13-5-7-14(8-6-13)11-17-20(28)25(21(29)30-17)10-9-18(26)23-24-19(27)15-3-2-4-16(22)12-15/h2-8,11-12H,9-10H2,1H3,(H,23,26)(H,24,27). The summed E-state index contributed by atoms with van der Waals surface area (Å²) in [6.07, 6.45) is 1.77. The lowest BCUT2D eigenvalue weighted by Crippen LogP contribution is -2.43. The first-order valence-electron chi connectivity index (χ1n) is 9.00. The smallest absolute Gasteiger partial charge is 0.269 e. The number of halogens is 1. The summed E-state index contributed by atoms with van der Waals surface area (Å²) in [6.45, 7) is 2.11. The quantitative estimate of drug-likeness (QED) is 0.405. The van der Waals surface area contributed by atoms with Crippen LogP contribution in [0.3, 0.4) is 0 Å². The molecule has 1 aliphatic heterocycles. The number of thioether (sulfide) groups is 1. The van der Waals surface area contributed by atoms with Gasteiger partial charge >= 0.3 is 0 Å². The largest absolute Gasteiger partial charge is 0.292 e. The van der Waals surface area contributed by atoms with E-state index < -0.39 is 11.8 Å². The van der Waals surface area contributed by atoms with Crippen LogP contribution in [0.1, 0.15) is 27.9 Å². The number of hydrazine groups is 1. The summed E-state index contributed by atoms with van der Waals surface area (Å²) < 4.78 is 0.397. The second-order valence-electron chi connectivity index (χ2n) is 6.51. The van der Waals surface area contributed by atoms with Gasteiger partial charge in [-0.1, -0.05) is 71.5 Å². The molecule has 30 heavy (non-hydrogen) atoms. The molecule has 0 unspecified atom stereocenters. The van der Waals surface area contributed by atoms with E-state index in [-0.39, 0.29) is 18.9 Å². The van der Waals surface area contributed by atoms with Gasteiger partial charge in [-0.3, -0.25) is 30.1 Å². The van der Waals surface area contributed by atoms with Crippen LogP contribution in [-0.4, -0.2) is 33.5 Å². The fraction of sp³-hybridized carbons (Fsp3) is 0.143. The number of hydrogen-bond acceptors (Lipinski definition) is 5. The van der Waals surface area contributed by atoms with E-state index in [0.717, 1.165) is 11.1 Å². The van der Waals surface area contributed by atoms with Gasteiger partial charge in [0.2, 0.25) is 5.91 Å². The molecule has 0 saturated carbocycles. The number of hydrogen-bond donors (Lipinski definition) is 2. The number of thiocarbonyl (C=S) groups is 1. The zero-order chi connectivity index (χ0) is 21.7. The molecule has 9 heteroatoms. The Morgan fingerprint density at radius 2 is 1.90 bits per heavy atom. The van der Waals surface area contributed by atoms with Crippen LogP contribution in [0.4, 0.5) is 0 Å². The number of rotatable bonds is 5. The summed E-state index contributed by atoms with van der Waals surface area (Å²) in [5.41, 5.74) is 7.00. The van der Waals surface area contributed by atoms with Crippen LogP contribution in [0.25, 0.3) is 6.08 Å². The number of nitrogens with one attached hydrogen (secondary N) is 2. The normalized spacial score (nSPS) is 14.9. The molecule has 0 atom stereocenters. The van der Waals surface area contributed by atoms with E-state index in [9.17, 15) is 14.4 Å². The van der Waals surface area contributed by atoms with Crippen LogP contribution in [0.5, 0.6) is 0 Å². The first-order valence-corrected chi connectivity index (χ1v) is 10.6. The highest BCUT2D eigenvalue weighted by Gasteiger charge is 2.32. The van der Waals surface area contributed by atoms with E-state index in [1.54, 1.807) is 24.3 Å². The fourth-order valence-electron chi connectivity index (χ4n) is 2.61. The predicted octanol–water partition coefficient (Wildman–Crippen LogP) is 3.70. The van der Waals surface area contributed by atoms with Gasteiger partial charge in [-0.05, 0) is 36.8 Å². The van der Waals surface area contributed by atoms with E-state index in [1.807, 2.05) is 31.2 Å². The first-order chi connectivity index (χ1) is 14.3. The second-order valence-corrected chi connectivity index (χ2v) is 8.62. The number of amides is 3. The maximum atomic E-state index is 12.6. The van der Waals surface area contributed by atoms with Crippen molar-refractivity contribution in [2.24, 2.45) is 0 Å². The molecule has 154 valence electrons. The molecule has 3 amide bonds. The molecular weight excluding hydrogens is 442 g/mol. The summed E-state index contributed by atoms with van der Waals surface area (Å²) in [6, 6.07) is 14.1. The minimum absolute atomic E-state index is 0.0138. The van der Waals surface area contributed by atoms with Crippen LogP contribution in [0.2, 0.25) is 5.02 Å². The molecule has 6 nitrogen and oxygen atoms in total. The summed E-state index contributed by atoms with van der Waals surface area (Å²) in [5.74, 6) is -1.17. The Balaban J connectivity index is 1.52. The Kier molecular flexibility index (Phi) is 7.25. The Bertz CT molecular complexity index is 1040. The second kappa shape index (κ2) is 9.88. The van der Waals surface area contributed by atoms with Gasteiger partial charge in [0.05, 0.1) is 4.91 Å². The van der Waals surface area contributed by atoms with Gasteiger partial charge in [0.1, 0.15) is 4.32 Å². The van der Waals surface area contributed by atoms with Crippen molar-refractivity contribution in [3.63, 3.8) is 0 Å². The minimum atomic E-state index is -0.488. The van der Waals surface area contributed by atoms with Crippen LogP contribution in [0.15, 0.2) is 53.4 Å². The highest BCUT2D eigenvalue weighted by Crippen LogP contribution is 2.32. The van der Waals surface area contributed by atoms with E-state index in [1.165, 1.54) is 22.7 Å². The zero-order valence-electron chi connectivity index (χ0n) is 16.0. The average Bonchev–Trinajstić information content (AvgIpc) is 2.99. The van der Waals surface area contributed by atoms with Crippen molar-refractivity contribution in [2.75, 3.05) is 6.54 Å². The maximum absolute atomic E-state index is 12.6. The van der Waals surface area contributed by atoms with Crippen molar-refractivity contribution in [1.82, 2.24) is 15.8 Å². The lowest BCUT2D eigenvalue weighted by molar-refractivity contribution is -0.124. The topological polar surface area (TPSA) is 78.5 Å². The Labute approximate surface area is 188 Å². The summed E-state index contributed by atoms with van der Waals surface area (Å²) in [7, 11) is 0. The zero-order valence-corrected chi connectivity index (χ0v) is 18.4. The molecule has 1 fully saturated rings. The van der Waals surface area contributed by atoms with Crippen LogP contribution >= 0.6 is 35.6 Å². The molecule has 0 bridgehead atoms.